The maximum atomic E-state index is 6.02. The highest BCUT2D eigenvalue weighted by Crippen LogP contribution is 2.27. The summed E-state index contributed by atoms with van der Waals surface area (Å²) in [5.41, 5.74) is 0.830. The summed E-state index contributed by atoms with van der Waals surface area (Å²) in [5.74, 6) is 1.52. The quantitative estimate of drug-likeness (QED) is 0.566. The average molecular weight is 343 g/mol. The van der Waals surface area contributed by atoms with Crippen LogP contribution < -0.4 is 10.6 Å². The highest BCUT2D eigenvalue weighted by atomic mass is 35.5. The summed E-state index contributed by atoms with van der Waals surface area (Å²) < 4.78 is 0. The first-order chi connectivity index (χ1) is 10.1. The van der Waals surface area contributed by atoms with Crippen LogP contribution in [-0.2, 0) is 0 Å². The summed E-state index contributed by atoms with van der Waals surface area (Å²) in [5, 5.41) is 8.22. The summed E-state index contributed by atoms with van der Waals surface area (Å²) in [7, 11) is 0. The second kappa shape index (κ2) is 7.73. The van der Waals surface area contributed by atoms with Gasteiger partial charge >= 0.3 is 0 Å². The first-order valence-electron chi connectivity index (χ1n) is 6.51. The molecule has 2 rings (SSSR count). The molecule has 0 bridgehead atoms. The van der Waals surface area contributed by atoms with Crippen molar-refractivity contribution < 1.29 is 0 Å². The molecule has 7 heteroatoms. The van der Waals surface area contributed by atoms with Gasteiger partial charge in [0.2, 0.25) is 0 Å². The SMILES string of the molecule is CCCNc1cc(Nc2ccc(Cl)c(Cl)c2)nc(SC)n1. The number of nitrogens with one attached hydrogen (secondary N) is 2. The Kier molecular flexibility index (Phi) is 5.96. The predicted octanol–water partition coefficient (Wildman–Crippen LogP) is 5.07. The lowest BCUT2D eigenvalue weighted by Gasteiger charge is -2.10. The zero-order valence-electron chi connectivity index (χ0n) is 11.8. The number of aromatic nitrogens is 2. The molecule has 1 aromatic carbocycles. The molecule has 21 heavy (non-hydrogen) atoms. The molecular weight excluding hydrogens is 327 g/mol. The summed E-state index contributed by atoms with van der Waals surface area (Å²) in [6.45, 7) is 2.98. The molecule has 0 aliphatic heterocycles. The molecule has 2 aromatic rings. The van der Waals surface area contributed by atoms with Gasteiger partial charge in [-0.25, -0.2) is 9.97 Å². The minimum absolute atomic E-state index is 0.505. The van der Waals surface area contributed by atoms with Gasteiger partial charge in [-0.05, 0) is 30.9 Å². The lowest BCUT2D eigenvalue weighted by atomic mass is 10.3. The van der Waals surface area contributed by atoms with E-state index in [1.165, 1.54) is 11.8 Å². The van der Waals surface area contributed by atoms with Crippen LogP contribution in [0.1, 0.15) is 13.3 Å². The number of halogens is 2. The molecule has 2 N–H and O–H groups in total. The second-order valence-electron chi connectivity index (χ2n) is 4.31. The summed E-state index contributed by atoms with van der Waals surface area (Å²) >= 11 is 13.4. The van der Waals surface area contributed by atoms with Crippen LogP contribution in [0.4, 0.5) is 17.3 Å². The van der Waals surface area contributed by atoms with Gasteiger partial charge in [-0.3, -0.25) is 0 Å². The number of hydrogen-bond acceptors (Lipinski definition) is 5. The van der Waals surface area contributed by atoms with Crippen LogP contribution in [-0.4, -0.2) is 22.8 Å². The Morgan fingerprint density at radius 3 is 2.52 bits per heavy atom. The molecule has 0 aliphatic carbocycles. The minimum atomic E-state index is 0.505. The highest BCUT2D eigenvalue weighted by Gasteiger charge is 2.05. The Labute approximate surface area is 138 Å². The molecule has 0 saturated carbocycles. The molecule has 0 radical (unpaired) electrons. The van der Waals surface area contributed by atoms with Crippen molar-refractivity contribution in [3.8, 4) is 0 Å². The monoisotopic (exact) mass is 342 g/mol. The minimum Gasteiger partial charge on any atom is -0.370 e. The summed E-state index contributed by atoms with van der Waals surface area (Å²) in [6.07, 6.45) is 2.98. The van der Waals surface area contributed by atoms with Crippen molar-refractivity contribution in [2.45, 2.75) is 18.5 Å². The molecule has 1 heterocycles. The number of nitrogens with zero attached hydrogens (tertiary/aromatic N) is 2. The molecule has 0 saturated heterocycles. The number of thioether (sulfide) groups is 1. The predicted molar refractivity (Wildman–Crippen MR) is 92.3 cm³/mol. The molecule has 1 aromatic heterocycles. The van der Waals surface area contributed by atoms with E-state index in [1.54, 1.807) is 12.1 Å². The van der Waals surface area contributed by atoms with Crippen LogP contribution in [0.5, 0.6) is 0 Å². The van der Waals surface area contributed by atoms with Crippen LogP contribution in [0.15, 0.2) is 29.4 Å². The normalized spacial score (nSPS) is 10.5. The molecule has 0 amide bonds. The van der Waals surface area contributed by atoms with Gasteiger partial charge in [0.05, 0.1) is 10.0 Å². The molecule has 0 spiro atoms. The molecule has 0 atom stereocenters. The van der Waals surface area contributed by atoms with Crippen molar-refractivity contribution in [2.24, 2.45) is 0 Å². The van der Waals surface area contributed by atoms with Gasteiger partial charge in [-0.2, -0.15) is 0 Å². The van der Waals surface area contributed by atoms with Crippen molar-refractivity contribution in [2.75, 3.05) is 23.4 Å². The maximum absolute atomic E-state index is 6.02. The fourth-order valence-corrected chi connectivity index (χ4v) is 2.32. The Balaban J connectivity index is 2.23. The third-order valence-corrected chi connectivity index (χ3v) is 3.92. The lowest BCUT2D eigenvalue weighted by Crippen LogP contribution is -2.05. The largest absolute Gasteiger partial charge is 0.370 e. The Bertz CT molecular complexity index is 622. The third kappa shape index (κ3) is 4.66. The van der Waals surface area contributed by atoms with Gasteiger partial charge in [0, 0.05) is 18.3 Å². The van der Waals surface area contributed by atoms with E-state index in [4.69, 9.17) is 23.2 Å². The van der Waals surface area contributed by atoms with Crippen molar-refractivity contribution >= 4 is 52.3 Å². The summed E-state index contributed by atoms with van der Waals surface area (Å²) in [6, 6.07) is 7.25. The van der Waals surface area contributed by atoms with Crippen LogP contribution in [0.25, 0.3) is 0 Å². The van der Waals surface area contributed by atoms with Gasteiger partial charge in [0.25, 0.3) is 0 Å². The van der Waals surface area contributed by atoms with E-state index in [2.05, 4.69) is 27.5 Å². The van der Waals surface area contributed by atoms with Crippen molar-refractivity contribution in [3.63, 3.8) is 0 Å². The van der Waals surface area contributed by atoms with E-state index in [0.717, 1.165) is 24.5 Å². The fourth-order valence-electron chi connectivity index (χ4n) is 1.65. The maximum Gasteiger partial charge on any atom is 0.191 e. The Morgan fingerprint density at radius 2 is 1.86 bits per heavy atom. The van der Waals surface area contributed by atoms with Crippen molar-refractivity contribution in [1.82, 2.24) is 9.97 Å². The average Bonchev–Trinajstić information content (AvgIpc) is 2.48. The van der Waals surface area contributed by atoms with Gasteiger partial charge in [-0.15, -0.1) is 0 Å². The molecule has 0 unspecified atom stereocenters. The molecule has 4 nitrogen and oxygen atoms in total. The molecular formula is C14H16Cl2N4S. The zero-order valence-corrected chi connectivity index (χ0v) is 14.1. The van der Waals surface area contributed by atoms with E-state index in [9.17, 15) is 0 Å². The smallest absolute Gasteiger partial charge is 0.191 e. The molecule has 0 aliphatic rings. The van der Waals surface area contributed by atoms with Crippen LogP contribution in [0.2, 0.25) is 10.0 Å². The van der Waals surface area contributed by atoms with Gasteiger partial charge < -0.3 is 10.6 Å². The summed E-state index contributed by atoms with van der Waals surface area (Å²) in [4.78, 5) is 8.85. The van der Waals surface area contributed by atoms with E-state index < -0.39 is 0 Å². The van der Waals surface area contributed by atoms with Crippen LogP contribution in [0, 0.1) is 0 Å². The lowest BCUT2D eigenvalue weighted by molar-refractivity contribution is 0.929. The fraction of sp³-hybridized carbons (Fsp3) is 0.286. The standard InChI is InChI=1S/C14H16Cl2N4S/c1-3-6-17-12-8-13(20-14(19-12)21-2)18-9-4-5-10(15)11(16)7-9/h4-5,7-8H,3,6H2,1-2H3,(H2,17,18,19,20). The number of anilines is 3. The topological polar surface area (TPSA) is 49.8 Å². The number of hydrogen-bond donors (Lipinski definition) is 2. The van der Waals surface area contributed by atoms with E-state index in [-0.39, 0.29) is 0 Å². The molecule has 0 fully saturated rings. The Hall–Kier alpha value is -1.17. The van der Waals surface area contributed by atoms with Crippen molar-refractivity contribution in [1.29, 1.82) is 0 Å². The van der Waals surface area contributed by atoms with Gasteiger partial charge in [-0.1, -0.05) is 41.9 Å². The van der Waals surface area contributed by atoms with E-state index in [1.807, 2.05) is 18.4 Å². The van der Waals surface area contributed by atoms with Gasteiger partial charge in [0.1, 0.15) is 11.6 Å². The van der Waals surface area contributed by atoms with E-state index in [0.29, 0.717) is 21.0 Å². The van der Waals surface area contributed by atoms with E-state index >= 15 is 0 Å². The second-order valence-corrected chi connectivity index (χ2v) is 5.89. The first kappa shape index (κ1) is 16.2. The Morgan fingerprint density at radius 1 is 1.10 bits per heavy atom. The number of rotatable bonds is 6. The van der Waals surface area contributed by atoms with Crippen LogP contribution in [0.3, 0.4) is 0 Å². The molecule has 112 valence electrons. The zero-order chi connectivity index (χ0) is 15.2. The highest BCUT2D eigenvalue weighted by molar-refractivity contribution is 7.98. The first-order valence-corrected chi connectivity index (χ1v) is 8.49. The van der Waals surface area contributed by atoms with Gasteiger partial charge in [0.15, 0.2) is 5.16 Å². The van der Waals surface area contributed by atoms with Crippen molar-refractivity contribution in [3.05, 3.63) is 34.3 Å². The number of benzene rings is 1. The van der Waals surface area contributed by atoms with Crippen LogP contribution >= 0.6 is 35.0 Å². The third-order valence-electron chi connectivity index (χ3n) is 2.64.